The average molecular weight is 216 g/mol. The molecular weight excluding hydrogens is 200 g/mol. The van der Waals surface area contributed by atoms with E-state index in [2.05, 4.69) is 0 Å². The van der Waals surface area contributed by atoms with Crippen molar-refractivity contribution < 1.29 is 10.2 Å². The lowest BCUT2D eigenvalue weighted by atomic mass is 10.1. The Labute approximate surface area is 95.8 Å². The van der Waals surface area contributed by atoms with E-state index in [1.54, 1.807) is 19.1 Å². The minimum atomic E-state index is 0.250. The van der Waals surface area contributed by atoms with Gasteiger partial charge in [0.05, 0.1) is 0 Å². The fraction of sp³-hybridized carbons (Fsp3) is 0.143. The first-order valence-corrected chi connectivity index (χ1v) is 5.23. The number of phenolic OH excluding ortho intramolecular Hbond substituents is 1. The Bertz CT molecular complexity index is 393. The molecular formula is C14H16O2. The van der Waals surface area contributed by atoms with E-state index in [9.17, 15) is 0 Å². The summed E-state index contributed by atoms with van der Waals surface area (Å²) in [6.45, 7) is 1.93. The van der Waals surface area contributed by atoms with Crippen LogP contribution in [0.5, 0.6) is 5.75 Å². The van der Waals surface area contributed by atoms with Gasteiger partial charge in [-0.3, -0.25) is 0 Å². The lowest BCUT2D eigenvalue weighted by molar-refractivity contribution is 0.318. The van der Waals surface area contributed by atoms with Crippen LogP contribution in [0.3, 0.4) is 0 Å². The van der Waals surface area contributed by atoms with E-state index in [1.807, 2.05) is 42.5 Å². The summed E-state index contributed by atoms with van der Waals surface area (Å²) in [7, 11) is 0. The van der Waals surface area contributed by atoms with Gasteiger partial charge in [0.1, 0.15) is 5.75 Å². The minimum Gasteiger partial charge on any atom is -0.508 e. The fourth-order valence-corrected chi connectivity index (χ4v) is 1.28. The maximum Gasteiger partial charge on any atom is 0.115 e. The SMILES string of the molecule is CCO.Oc1ccc(-c2ccccc2)cc1. The molecule has 2 nitrogen and oxygen atoms in total. The third kappa shape index (κ3) is 3.75. The zero-order valence-corrected chi connectivity index (χ0v) is 9.30. The first-order chi connectivity index (χ1) is 7.77. The highest BCUT2D eigenvalue weighted by molar-refractivity contribution is 5.63. The summed E-state index contributed by atoms with van der Waals surface area (Å²) in [4.78, 5) is 0. The molecule has 0 bridgehead atoms. The number of aromatic hydroxyl groups is 1. The predicted molar refractivity (Wildman–Crippen MR) is 66.3 cm³/mol. The van der Waals surface area contributed by atoms with Gasteiger partial charge in [-0.2, -0.15) is 0 Å². The third-order valence-corrected chi connectivity index (χ3v) is 1.97. The third-order valence-electron chi connectivity index (χ3n) is 1.97. The van der Waals surface area contributed by atoms with Crippen molar-refractivity contribution in [2.24, 2.45) is 0 Å². The van der Waals surface area contributed by atoms with Gasteiger partial charge in [0.15, 0.2) is 0 Å². The highest BCUT2D eigenvalue weighted by Gasteiger charge is 1.94. The molecule has 0 unspecified atom stereocenters. The van der Waals surface area contributed by atoms with Crippen LogP contribution in [0.25, 0.3) is 11.1 Å². The highest BCUT2D eigenvalue weighted by Crippen LogP contribution is 2.20. The zero-order chi connectivity index (χ0) is 11.8. The fourth-order valence-electron chi connectivity index (χ4n) is 1.28. The van der Waals surface area contributed by atoms with Crippen LogP contribution >= 0.6 is 0 Å². The standard InChI is InChI=1S/C12H10O.C2H6O/c13-12-8-6-11(7-9-12)10-4-2-1-3-5-10;1-2-3/h1-9,13H;3H,2H2,1H3. The second-order valence-electron chi connectivity index (χ2n) is 3.23. The maximum atomic E-state index is 9.10. The number of hydrogen-bond acceptors (Lipinski definition) is 2. The van der Waals surface area contributed by atoms with E-state index in [-0.39, 0.29) is 6.61 Å². The Morgan fingerprint density at radius 3 is 1.75 bits per heavy atom. The van der Waals surface area contributed by atoms with Crippen molar-refractivity contribution in [3.63, 3.8) is 0 Å². The Hall–Kier alpha value is -1.80. The number of aliphatic hydroxyl groups excluding tert-OH is 1. The van der Waals surface area contributed by atoms with Crippen LogP contribution in [0.4, 0.5) is 0 Å². The minimum absolute atomic E-state index is 0.250. The van der Waals surface area contributed by atoms with Gasteiger partial charge in [0.2, 0.25) is 0 Å². The molecule has 0 aliphatic rings. The number of aliphatic hydroxyl groups is 1. The highest BCUT2D eigenvalue weighted by atomic mass is 16.3. The van der Waals surface area contributed by atoms with Crippen LogP contribution < -0.4 is 0 Å². The van der Waals surface area contributed by atoms with Crippen LogP contribution in [-0.4, -0.2) is 16.8 Å². The second-order valence-corrected chi connectivity index (χ2v) is 3.23. The summed E-state index contributed by atoms with van der Waals surface area (Å²) in [5.41, 5.74) is 2.29. The first-order valence-electron chi connectivity index (χ1n) is 5.23. The van der Waals surface area contributed by atoms with Gasteiger partial charge >= 0.3 is 0 Å². The molecule has 0 aliphatic carbocycles. The normalized spacial score (nSPS) is 9.12. The van der Waals surface area contributed by atoms with Crippen LogP contribution in [0.1, 0.15) is 6.92 Å². The smallest absolute Gasteiger partial charge is 0.115 e. The average Bonchev–Trinajstić information content (AvgIpc) is 2.32. The molecule has 0 spiro atoms. The summed E-state index contributed by atoms with van der Waals surface area (Å²) in [6, 6.07) is 17.3. The molecule has 0 saturated heterocycles. The van der Waals surface area contributed by atoms with Crippen molar-refractivity contribution in [3.05, 3.63) is 54.6 Å². The molecule has 0 aliphatic heterocycles. The zero-order valence-electron chi connectivity index (χ0n) is 9.30. The van der Waals surface area contributed by atoms with Gasteiger partial charge in [-0.05, 0) is 30.2 Å². The van der Waals surface area contributed by atoms with Gasteiger partial charge < -0.3 is 10.2 Å². The summed E-state index contributed by atoms with van der Waals surface area (Å²) in [5, 5.41) is 16.7. The van der Waals surface area contributed by atoms with E-state index in [0.29, 0.717) is 5.75 Å². The van der Waals surface area contributed by atoms with Crippen LogP contribution in [-0.2, 0) is 0 Å². The van der Waals surface area contributed by atoms with Gasteiger partial charge in [0, 0.05) is 6.61 Å². The lowest BCUT2D eigenvalue weighted by Gasteiger charge is -2.00. The monoisotopic (exact) mass is 216 g/mol. The van der Waals surface area contributed by atoms with E-state index >= 15 is 0 Å². The van der Waals surface area contributed by atoms with Gasteiger partial charge in [-0.1, -0.05) is 42.5 Å². The first kappa shape index (κ1) is 12.3. The Kier molecular flexibility index (Phi) is 5.09. The predicted octanol–water partition coefficient (Wildman–Crippen LogP) is 3.06. The molecule has 0 amide bonds. The van der Waals surface area contributed by atoms with Crippen LogP contribution in [0, 0.1) is 0 Å². The molecule has 2 rings (SSSR count). The van der Waals surface area contributed by atoms with E-state index in [0.717, 1.165) is 5.56 Å². The number of benzene rings is 2. The van der Waals surface area contributed by atoms with E-state index in [4.69, 9.17) is 10.2 Å². The molecule has 2 N–H and O–H groups in total. The summed E-state index contributed by atoms with van der Waals surface area (Å²) in [5.74, 6) is 0.305. The van der Waals surface area contributed by atoms with Crippen molar-refractivity contribution in [1.29, 1.82) is 0 Å². The Balaban J connectivity index is 0.000000386. The molecule has 0 saturated carbocycles. The molecule has 0 heterocycles. The molecule has 0 aromatic heterocycles. The molecule has 2 heteroatoms. The summed E-state index contributed by atoms with van der Waals surface area (Å²) < 4.78 is 0. The van der Waals surface area contributed by atoms with Crippen molar-refractivity contribution >= 4 is 0 Å². The van der Waals surface area contributed by atoms with Crippen LogP contribution in [0.2, 0.25) is 0 Å². The molecule has 16 heavy (non-hydrogen) atoms. The number of hydrogen-bond donors (Lipinski definition) is 2. The van der Waals surface area contributed by atoms with E-state index < -0.39 is 0 Å². The molecule has 0 fully saturated rings. The van der Waals surface area contributed by atoms with Crippen molar-refractivity contribution in [2.45, 2.75) is 6.92 Å². The molecule has 0 radical (unpaired) electrons. The summed E-state index contributed by atoms with van der Waals surface area (Å²) in [6.07, 6.45) is 0. The van der Waals surface area contributed by atoms with Crippen molar-refractivity contribution in [2.75, 3.05) is 6.61 Å². The topological polar surface area (TPSA) is 40.5 Å². The molecule has 2 aromatic rings. The van der Waals surface area contributed by atoms with Gasteiger partial charge in [0.25, 0.3) is 0 Å². The van der Waals surface area contributed by atoms with Crippen molar-refractivity contribution in [1.82, 2.24) is 0 Å². The Morgan fingerprint density at radius 1 is 0.812 bits per heavy atom. The van der Waals surface area contributed by atoms with Gasteiger partial charge in [-0.25, -0.2) is 0 Å². The van der Waals surface area contributed by atoms with Crippen LogP contribution in [0.15, 0.2) is 54.6 Å². The molecule has 2 aromatic carbocycles. The summed E-state index contributed by atoms with van der Waals surface area (Å²) >= 11 is 0. The van der Waals surface area contributed by atoms with Crippen molar-refractivity contribution in [3.8, 4) is 16.9 Å². The molecule has 84 valence electrons. The Morgan fingerprint density at radius 2 is 1.25 bits per heavy atom. The quantitative estimate of drug-likeness (QED) is 0.769. The second kappa shape index (κ2) is 6.64. The van der Waals surface area contributed by atoms with E-state index in [1.165, 1.54) is 5.56 Å². The largest absolute Gasteiger partial charge is 0.508 e. The maximum absolute atomic E-state index is 9.10. The number of phenols is 1. The van der Waals surface area contributed by atoms with Gasteiger partial charge in [-0.15, -0.1) is 0 Å². The molecule has 0 atom stereocenters. The lowest BCUT2D eigenvalue weighted by Crippen LogP contribution is -1.74. The number of rotatable bonds is 1.